The fourth-order valence-corrected chi connectivity index (χ4v) is 1.68. The number of benzene rings is 1. The highest BCUT2D eigenvalue weighted by molar-refractivity contribution is 5.39. The molecule has 0 saturated heterocycles. The molecule has 15 heavy (non-hydrogen) atoms. The second-order valence-electron chi connectivity index (χ2n) is 3.95. The van der Waals surface area contributed by atoms with E-state index in [0.29, 0.717) is 6.54 Å². The molecule has 0 radical (unpaired) electrons. The summed E-state index contributed by atoms with van der Waals surface area (Å²) in [5, 5.41) is 0. The molecule has 2 heteroatoms. The largest absolute Gasteiger partial charge is 0.490 e. The van der Waals surface area contributed by atoms with Crippen LogP contribution in [0.5, 0.6) is 5.75 Å². The van der Waals surface area contributed by atoms with Gasteiger partial charge in [-0.25, -0.2) is 0 Å². The zero-order valence-corrected chi connectivity index (χ0v) is 9.92. The van der Waals surface area contributed by atoms with Crippen molar-refractivity contribution >= 4 is 0 Å². The van der Waals surface area contributed by atoms with Crippen LogP contribution in [-0.4, -0.2) is 12.6 Å². The van der Waals surface area contributed by atoms with E-state index in [0.717, 1.165) is 18.6 Å². The Morgan fingerprint density at radius 1 is 1.27 bits per heavy atom. The van der Waals surface area contributed by atoms with E-state index in [1.807, 2.05) is 0 Å². The van der Waals surface area contributed by atoms with Crippen molar-refractivity contribution in [2.24, 2.45) is 5.73 Å². The van der Waals surface area contributed by atoms with Crippen LogP contribution in [0.2, 0.25) is 0 Å². The van der Waals surface area contributed by atoms with Crippen molar-refractivity contribution in [1.82, 2.24) is 0 Å². The average molecular weight is 207 g/mol. The zero-order valence-electron chi connectivity index (χ0n) is 9.92. The van der Waals surface area contributed by atoms with Crippen LogP contribution in [0.1, 0.15) is 30.9 Å². The van der Waals surface area contributed by atoms with E-state index in [2.05, 4.69) is 39.0 Å². The molecule has 1 rings (SSSR count). The minimum Gasteiger partial charge on any atom is -0.490 e. The molecule has 0 aliphatic carbocycles. The Hall–Kier alpha value is -1.02. The van der Waals surface area contributed by atoms with Gasteiger partial charge in [-0.3, -0.25) is 0 Å². The maximum Gasteiger partial charge on any atom is 0.125 e. The Balaban J connectivity index is 2.78. The van der Waals surface area contributed by atoms with E-state index in [-0.39, 0.29) is 6.10 Å². The standard InChI is InChI=1S/C13H21NO/c1-4-12(8-9-14)15-13-10(2)6-5-7-11(13)3/h5-7,12H,4,8-9,14H2,1-3H3. The van der Waals surface area contributed by atoms with Crippen LogP contribution in [0.15, 0.2) is 18.2 Å². The summed E-state index contributed by atoms with van der Waals surface area (Å²) in [5.41, 5.74) is 7.95. The van der Waals surface area contributed by atoms with Gasteiger partial charge < -0.3 is 10.5 Å². The van der Waals surface area contributed by atoms with Crippen molar-refractivity contribution in [3.05, 3.63) is 29.3 Å². The fraction of sp³-hybridized carbons (Fsp3) is 0.538. The van der Waals surface area contributed by atoms with E-state index in [4.69, 9.17) is 10.5 Å². The van der Waals surface area contributed by atoms with E-state index < -0.39 is 0 Å². The molecule has 0 fully saturated rings. The molecule has 0 saturated carbocycles. The summed E-state index contributed by atoms with van der Waals surface area (Å²) >= 11 is 0. The van der Waals surface area contributed by atoms with Gasteiger partial charge in [-0.2, -0.15) is 0 Å². The third kappa shape index (κ3) is 3.24. The molecular weight excluding hydrogens is 186 g/mol. The molecule has 1 aromatic carbocycles. The number of ether oxygens (including phenoxy) is 1. The van der Waals surface area contributed by atoms with Crippen molar-refractivity contribution in [1.29, 1.82) is 0 Å². The van der Waals surface area contributed by atoms with Crippen molar-refractivity contribution in [3.63, 3.8) is 0 Å². The number of hydrogen-bond acceptors (Lipinski definition) is 2. The van der Waals surface area contributed by atoms with E-state index >= 15 is 0 Å². The number of aryl methyl sites for hydroxylation is 2. The first-order valence-corrected chi connectivity index (χ1v) is 5.62. The van der Waals surface area contributed by atoms with Crippen LogP contribution in [-0.2, 0) is 0 Å². The monoisotopic (exact) mass is 207 g/mol. The Bertz CT molecular complexity index is 289. The van der Waals surface area contributed by atoms with Gasteiger partial charge >= 0.3 is 0 Å². The van der Waals surface area contributed by atoms with Gasteiger partial charge in [0, 0.05) is 0 Å². The fourth-order valence-electron chi connectivity index (χ4n) is 1.68. The third-order valence-corrected chi connectivity index (χ3v) is 2.64. The molecule has 1 unspecified atom stereocenters. The van der Waals surface area contributed by atoms with E-state index in [1.54, 1.807) is 0 Å². The first-order chi connectivity index (χ1) is 7.19. The van der Waals surface area contributed by atoms with Crippen LogP contribution in [0, 0.1) is 13.8 Å². The molecule has 0 bridgehead atoms. The maximum absolute atomic E-state index is 5.99. The van der Waals surface area contributed by atoms with Gasteiger partial charge in [0.05, 0.1) is 6.10 Å². The van der Waals surface area contributed by atoms with Crippen molar-refractivity contribution in [2.75, 3.05) is 6.54 Å². The van der Waals surface area contributed by atoms with Gasteiger partial charge in [0.1, 0.15) is 5.75 Å². The van der Waals surface area contributed by atoms with E-state index in [9.17, 15) is 0 Å². The number of hydrogen-bond donors (Lipinski definition) is 1. The van der Waals surface area contributed by atoms with Crippen LogP contribution < -0.4 is 10.5 Å². The lowest BCUT2D eigenvalue weighted by molar-refractivity contribution is 0.187. The maximum atomic E-state index is 5.99. The van der Waals surface area contributed by atoms with Gasteiger partial charge in [0.25, 0.3) is 0 Å². The molecule has 0 amide bonds. The lowest BCUT2D eigenvalue weighted by Gasteiger charge is -2.19. The van der Waals surface area contributed by atoms with Gasteiger partial charge in [-0.15, -0.1) is 0 Å². The topological polar surface area (TPSA) is 35.2 Å². The molecule has 2 nitrogen and oxygen atoms in total. The Kier molecular flexibility index (Phi) is 4.63. The Labute approximate surface area is 92.4 Å². The molecule has 1 atom stereocenters. The quantitative estimate of drug-likeness (QED) is 0.805. The molecule has 84 valence electrons. The van der Waals surface area contributed by atoms with Gasteiger partial charge in [0.2, 0.25) is 0 Å². The lowest BCUT2D eigenvalue weighted by Crippen LogP contribution is -2.20. The Morgan fingerprint density at radius 2 is 1.87 bits per heavy atom. The summed E-state index contributed by atoms with van der Waals surface area (Å²) in [5.74, 6) is 1.03. The van der Waals surface area contributed by atoms with Gasteiger partial charge in [0.15, 0.2) is 0 Å². The molecule has 0 spiro atoms. The van der Waals surface area contributed by atoms with Crippen molar-refractivity contribution < 1.29 is 4.74 Å². The second-order valence-corrected chi connectivity index (χ2v) is 3.95. The first-order valence-electron chi connectivity index (χ1n) is 5.62. The van der Waals surface area contributed by atoms with Crippen LogP contribution in [0.4, 0.5) is 0 Å². The highest BCUT2D eigenvalue weighted by atomic mass is 16.5. The van der Waals surface area contributed by atoms with Crippen LogP contribution in [0.25, 0.3) is 0 Å². The van der Waals surface area contributed by atoms with Crippen molar-refractivity contribution in [3.8, 4) is 5.75 Å². The molecule has 2 N–H and O–H groups in total. The predicted octanol–water partition coefficient (Wildman–Crippen LogP) is 2.81. The van der Waals surface area contributed by atoms with Gasteiger partial charge in [-0.05, 0) is 44.4 Å². The number of nitrogens with two attached hydrogens (primary N) is 1. The highest BCUT2D eigenvalue weighted by Crippen LogP contribution is 2.24. The first kappa shape index (κ1) is 12.1. The molecule has 0 aliphatic rings. The SMILES string of the molecule is CCC(CCN)Oc1c(C)cccc1C. The zero-order chi connectivity index (χ0) is 11.3. The summed E-state index contributed by atoms with van der Waals surface area (Å²) in [6.45, 7) is 6.98. The molecule has 0 heterocycles. The lowest BCUT2D eigenvalue weighted by atomic mass is 10.1. The van der Waals surface area contributed by atoms with Crippen LogP contribution in [0.3, 0.4) is 0 Å². The Morgan fingerprint density at radius 3 is 2.33 bits per heavy atom. The van der Waals surface area contributed by atoms with E-state index in [1.165, 1.54) is 11.1 Å². The predicted molar refractivity (Wildman–Crippen MR) is 64.3 cm³/mol. The summed E-state index contributed by atoms with van der Waals surface area (Å²) < 4.78 is 5.99. The molecule has 1 aromatic rings. The van der Waals surface area contributed by atoms with Gasteiger partial charge in [-0.1, -0.05) is 25.1 Å². The highest BCUT2D eigenvalue weighted by Gasteiger charge is 2.10. The molecule has 0 aliphatic heterocycles. The number of para-hydroxylation sites is 1. The smallest absolute Gasteiger partial charge is 0.125 e. The second kappa shape index (κ2) is 5.76. The summed E-state index contributed by atoms with van der Waals surface area (Å²) in [4.78, 5) is 0. The number of rotatable bonds is 5. The minimum atomic E-state index is 0.245. The third-order valence-electron chi connectivity index (χ3n) is 2.64. The van der Waals surface area contributed by atoms with Crippen molar-refractivity contribution in [2.45, 2.75) is 39.7 Å². The summed E-state index contributed by atoms with van der Waals surface area (Å²) in [7, 11) is 0. The minimum absolute atomic E-state index is 0.245. The normalized spacial score (nSPS) is 12.5. The molecular formula is C13H21NO. The van der Waals surface area contributed by atoms with Crippen LogP contribution >= 0.6 is 0 Å². The average Bonchev–Trinajstić information content (AvgIpc) is 2.22. The summed E-state index contributed by atoms with van der Waals surface area (Å²) in [6, 6.07) is 6.22. The molecule has 0 aromatic heterocycles. The summed E-state index contributed by atoms with van der Waals surface area (Å²) in [6.07, 6.45) is 2.17.